The number of carboxylic acid groups (broad SMARTS) is 1. The van der Waals surface area contributed by atoms with Crippen LogP contribution in [0.25, 0.3) is 0 Å². The number of carboxylic acids is 1. The van der Waals surface area contributed by atoms with Crippen LogP contribution in [0.4, 0.5) is 4.39 Å². The molecule has 1 rings (SSSR count). The molecule has 1 aromatic rings. The molecule has 3 nitrogen and oxygen atoms in total. The Kier molecular flexibility index (Phi) is 5.78. The zero-order chi connectivity index (χ0) is 13.5. The van der Waals surface area contributed by atoms with Crippen molar-refractivity contribution in [2.45, 2.75) is 26.2 Å². The van der Waals surface area contributed by atoms with E-state index in [2.05, 4.69) is 0 Å². The molecule has 0 saturated heterocycles. The fourth-order valence-electron chi connectivity index (χ4n) is 2.09. The number of benzene rings is 1. The van der Waals surface area contributed by atoms with Crippen molar-refractivity contribution in [3.63, 3.8) is 0 Å². The normalized spacial score (nSPS) is 14.2. The van der Waals surface area contributed by atoms with E-state index < -0.39 is 11.9 Å². The van der Waals surface area contributed by atoms with Crippen LogP contribution in [0.1, 0.15) is 25.3 Å². The molecular formula is C14H20FNO2. The number of hydrogen-bond acceptors (Lipinski definition) is 2. The van der Waals surface area contributed by atoms with Crippen LogP contribution >= 0.6 is 0 Å². The van der Waals surface area contributed by atoms with Crippen LogP contribution in [0.2, 0.25) is 0 Å². The Balaban J connectivity index is 2.64. The van der Waals surface area contributed by atoms with Gasteiger partial charge in [0, 0.05) is 6.54 Å². The number of carbonyl (C=O) groups is 1. The van der Waals surface area contributed by atoms with Gasteiger partial charge in [-0.05, 0) is 36.5 Å². The second-order valence-electron chi connectivity index (χ2n) is 4.61. The van der Waals surface area contributed by atoms with Crippen molar-refractivity contribution in [3.8, 4) is 0 Å². The lowest BCUT2D eigenvalue weighted by Crippen LogP contribution is -2.26. The molecule has 100 valence electrons. The van der Waals surface area contributed by atoms with Crippen molar-refractivity contribution < 1.29 is 14.3 Å². The quantitative estimate of drug-likeness (QED) is 0.784. The SMILES string of the molecule is CCC(Cc1cccc(F)c1)CC(CN)C(=O)O. The lowest BCUT2D eigenvalue weighted by molar-refractivity contribution is -0.142. The summed E-state index contributed by atoms with van der Waals surface area (Å²) in [5.74, 6) is -1.40. The molecule has 0 amide bonds. The average molecular weight is 253 g/mol. The van der Waals surface area contributed by atoms with E-state index in [0.29, 0.717) is 12.8 Å². The first kappa shape index (κ1) is 14.6. The van der Waals surface area contributed by atoms with Crippen LogP contribution in [-0.2, 0) is 11.2 Å². The van der Waals surface area contributed by atoms with Gasteiger partial charge in [0.1, 0.15) is 5.82 Å². The minimum absolute atomic E-state index is 0.148. The van der Waals surface area contributed by atoms with Crippen molar-refractivity contribution in [1.82, 2.24) is 0 Å². The summed E-state index contributed by atoms with van der Waals surface area (Å²) in [6, 6.07) is 6.45. The van der Waals surface area contributed by atoms with Gasteiger partial charge in [-0.15, -0.1) is 0 Å². The van der Waals surface area contributed by atoms with Crippen molar-refractivity contribution in [3.05, 3.63) is 35.6 Å². The first-order valence-corrected chi connectivity index (χ1v) is 6.24. The fraction of sp³-hybridized carbons (Fsp3) is 0.500. The van der Waals surface area contributed by atoms with E-state index in [-0.39, 0.29) is 18.3 Å². The van der Waals surface area contributed by atoms with E-state index in [9.17, 15) is 9.18 Å². The van der Waals surface area contributed by atoms with Gasteiger partial charge in [0.25, 0.3) is 0 Å². The summed E-state index contributed by atoms with van der Waals surface area (Å²) < 4.78 is 13.1. The maximum absolute atomic E-state index is 13.1. The summed E-state index contributed by atoms with van der Waals surface area (Å²) in [6.45, 7) is 2.16. The van der Waals surface area contributed by atoms with E-state index in [1.165, 1.54) is 12.1 Å². The minimum atomic E-state index is -0.852. The van der Waals surface area contributed by atoms with Gasteiger partial charge in [0.15, 0.2) is 0 Å². The topological polar surface area (TPSA) is 63.3 Å². The molecule has 2 atom stereocenters. The lowest BCUT2D eigenvalue weighted by atomic mass is 9.87. The molecule has 0 radical (unpaired) electrons. The highest BCUT2D eigenvalue weighted by Crippen LogP contribution is 2.21. The van der Waals surface area contributed by atoms with Gasteiger partial charge in [-0.25, -0.2) is 4.39 Å². The van der Waals surface area contributed by atoms with Gasteiger partial charge in [0.05, 0.1) is 5.92 Å². The summed E-state index contributed by atoms with van der Waals surface area (Å²) in [5, 5.41) is 8.99. The highest BCUT2D eigenvalue weighted by molar-refractivity contribution is 5.70. The summed E-state index contributed by atoms with van der Waals surface area (Å²) in [4.78, 5) is 10.9. The van der Waals surface area contributed by atoms with Crippen molar-refractivity contribution in [2.75, 3.05) is 6.54 Å². The zero-order valence-electron chi connectivity index (χ0n) is 10.6. The average Bonchev–Trinajstić information content (AvgIpc) is 2.34. The number of rotatable bonds is 7. The van der Waals surface area contributed by atoms with E-state index >= 15 is 0 Å². The predicted octanol–water partition coefficient (Wildman–Crippen LogP) is 2.44. The molecule has 0 spiro atoms. The molecule has 2 unspecified atom stereocenters. The predicted molar refractivity (Wildman–Crippen MR) is 68.7 cm³/mol. The van der Waals surface area contributed by atoms with Crippen LogP contribution in [0.3, 0.4) is 0 Å². The van der Waals surface area contributed by atoms with Crippen LogP contribution in [0.15, 0.2) is 24.3 Å². The van der Waals surface area contributed by atoms with E-state index in [1.54, 1.807) is 6.07 Å². The fourth-order valence-corrected chi connectivity index (χ4v) is 2.09. The van der Waals surface area contributed by atoms with Gasteiger partial charge in [-0.3, -0.25) is 4.79 Å². The monoisotopic (exact) mass is 253 g/mol. The van der Waals surface area contributed by atoms with Crippen molar-refractivity contribution in [1.29, 1.82) is 0 Å². The molecule has 0 aromatic heterocycles. The van der Waals surface area contributed by atoms with Gasteiger partial charge in [-0.1, -0.05) is 25.5 Å². The zero-order valence-corrected chi connectivity index (χ0v) is 10.6. The molecule has 3 N–H and O–H groups in total. The third kappa shape index (κ3) is 4.45. The van der Waals surface area contributed by atoms with Crippen molar-refractivity contribution >= 4 is 5.97 Å². The first-order valence-electron chi connectivity index (χ1n) is 6.24. The van der Waals surface area contributed by atoms with E-state index in [1.807, 2.05) is 13.0 Å². The lowest BCUT2D eigenvalue weighted by Gasteiger charge is -2.18. The molecular weight excluding hydrogens is 233 g/mol. The minimum Gasteiger partial charge on any atom is -0.481 e. The Labute approximate surface area is 107 Å². The maximum Gasteiger partial charge on any atom is 0.307 e. The largest absolute Gasteiger partial charge is 0.481 e. The van der Waals surface area contributed by atoms with Crippen LogP contribution in [-0.4, -0.2) is 17.6 Å². The Bertz CT molecular complexity index is 395. The molecule has 18 heavy (non-hydrogen) atoms. The van der Waals surface area contributed by atoms with Gasteiger partial charge in [0.2, 0.25) is 0 Å². The van der Waals surface area contributed by atoms with E-state index in [4.69, 9.17) is 10.8 Å². The van der Waals surface area contributed by atoms with Crippen LogP contribution in [0, 0.1) is 17.7 Å². The highest BCUT2D eigenvalue weighted by Gasteiger charge is 2.20. The van der Waals surface area contributed by atoms with E-state index in [0.717, 1.165) is 12.0 Å². The Morgan fingerprint density at radius 3 is 2.72 bits per heavy atom. The molecule has 0 heterocycles. The number of hydrogen-bond donors (Lipinski definition) is 2. The molecule has 0 aliphatic heterocycles. The maximum atomic E-state index is 13.1. The van der Waals surface area contributed by atoms with Crippen LogP contribution in [0.5, 0.6) is 0 Å². The molecule has 4 heteroatoms. The summed E-state index contributed by atoms with van der Waals surface area (Å²) >= 11 is 0. The van der Waals surface area contributed by atoms with Gasteiger partial charge >= 0.3 is 5.97 Å². The molecule has 1 aromatic carbocycles. The summed E-state index contributed by atoms with van der Waals surface area (Å²) in [7, 11) is 0. The molecule has 0 aliphatic rings. The first-order chi connectivity index (χ1) is 8.56. The Morgan fingerprint density at radius 2 is 2.22 bits per heavy atom. The second kappa shape index (κ2) is 7.11. The summed E-state index contributed by atoms with van der Waals surface area (Å²) in [6.07, 6.45) is 2.09. The molecule has 0 aliphatic carbocycles. The van der Waals surface area contributed by atoms with Gasteiger partial charge < -0.3 is 10.8 Å². The third-order valence-corrected chi connectivity index (χ3v) is 3.24. The number of aliphatic carboxylic acids is 1. The highest BCUT2D eigenvalue weighted by atomic mass is 19.1. The van der Waals surface area contributed by atoms with Gasteiger partial charge in [-0.2, -0.15) is 0 Å². The molecule has 0 fully saturated rings. The third-order valence-electron chi connectivity index (χ3n) is 3.24. The smallest absolute Gasteiger partial charge is 0.307 e. The Morgan fingerprint density at radius 1 is 1.50 bits per heavy atom. The van der Waals surface area contributed by atoms with Crippen LogP contribution < -0.4 is 5.73 Å². The molecule has 0 bridgehead atoms. The Hall–Kier alpha value is -1.42. The van der Waals surface area contributed by atoms with Crippen molar-refractivity contribution in [2.24, 2.45) is 17.6 Å². The standard InChI is InChI=1S/C14H20FNO2/c1-2-10(7-12(9-16)14(17)18)6-11-4-3-5-13(15)8-11/h3-5,8,10,12H,2,6-7,9,16H2,1H3,(H,17,18). The number of halogens is 1. The second-order valence-corrected chi connectivity index (χ2v) is 4.61. The molecule has 0 saturated carbocycles. The summed E-state index contributed by atoms with van der Waals surface area (Å²) in [5.41, 5.74) is 6.36. The number of nitrogens with two attached hydrogens (primary N) is 1.